The number of rotatable bonds is 6. The maximum atomic E-state index is 11.8. The number of carbonyl (C=O) groups excluding carboxylic acids is 2. The van der Waals surface area contributed by atoms with E-state index in [1.165, 1.54) is 7.05 Å². The molecule has 1 rings (SSSR count). The Kier molecular flexibility index (Phi) is 4.94. The number of hydrogen-bond donors (Lipinski definition) is 2. The summed E-state index contributed by atoms with van der Waals surface area (Å²) in [6.07, 6.45) is -2.46. The van der Waals surface area contributed by atoms with Gasteiger partial charge < -0.3 is 15.5 Å². The van der Waals surface area contributed by atoms with Gasteiger partial charge in [-0.2, -0.15) is 13.2 Å². The molecule has 0 aromatic rings. The SMILES string of the molecule is CN(CC(=O)NC1CC1)C(=O)CNCC(F)(F)F. The summed E-state index contributed by atoms with van der Waals surface area (Å²) < 4.78 is 35.4. The molecule has 0 spiro atoms. The predicted octanol–water partition coefficient (Wildman–Crippen LogP) is -0.125. The molecule has 0 aromatic heterocycles. The van der Waals surface area contributed by atoms with Gasteiger partial charge in [0.25, 0.3) is 0 Å². The number of alkyl halides is 3. The maximum Gasteiger partial charge on any atom is 0.401 e. The van der Waals surface area contributed by atoms with Crippen LogP contribution in [-0.2, 0) is 9.59 Å². The highest BCUT2D eigenvalue weighted by Gasteiger charge is 2.27. The van der Waals surface area contributed by atoms with Gasteiger partial charge in [-0.05, 0) is 12.8 Å². The molecule has 0 bridgehead atoms. The maximum absolute atomic E-state index is 11.8. The van der Waals surface area contributed by atoms with Crippen LogP contribution >= 0.6 is 0 Å². The van der Waals surface area contributed by atoms with E-state index < -0.39 is 25.2 Å². The first-order valence-electron chi connectivity index (χ1n) is 5.59. The van der Waals surface area contributed by atoms with E-state index in [4.69, 9.17) is 0 Å². The summed E-state index contributed by atoms with van der Waals surface area (Å²) >= 11 is 0. The van der Waals surface area contributed by atoms with Gasteiger partial charge in [0, 0.05) is 13.1 Å². The highest BCUT2D eigenvalue weighted by atomic mass is 19.4. The largest absolute Gasteiger partial charge is 0.401 e. The van der Waals surface area contributed by atoms with Crippen molar-refractivity contribution >= 4 is 11.8 Å². The molecule has 18 heavy (non-hydrogen) atoms. The Morgan fingerprint density at radius 2 is 1.94 bits per heavy atom. The van der Waals surface area contributed by atoms with Gasteiger partial charge in [-0.1, -0.05) is 0 Å². The van der Waals surface area contributed by atoms with Crippen molar-refractivity contribution in [1.29, 1.82) is 0 Å². The molecule has 5 nitrogen and oxygen atoms in total. The van der Waals surface area contributed by atoms with Crippen LogP contribution in [0.3, 0.4) is 0 Å². The molecule has 1 aliphatic rings. The van der Waals surface area contributed by atoms with E-state index in [2.05, 4.69) is 5.32 Å². The second-order valence-electron chi connectivity index (χ2n) is 4.31. The lowest BCUT2D eigenvalue weighted by Gasteiger charge is -2.17. The third-order valence-corrected chi connectivity index (χ3v) is 2.35. The summed E-state index contributed by atoms with van der Waals surface area (Å²) in [7, 11) is 1.38. The molecule has 1 fully saturated rings. The molecule has 0 heterocycles. The van der Waals surface area contributed by atoms with Crippen molar-refractivity contribution in [3.05, 3.63) is 0 Å². The molecule has 1 aliphatic carbocycles. The van der Waals surface area contributed by atoms with Crippen molar-refractivity contribution in [3.63, 3.8) is 0 Å². The Hall–Kier alpha value is -1.31. The van der Waals surface area contributed by atoms with Crippen LogP contribution in [0.1, 0.15) is 12.8 Å². The van der Waals surface area contributed by atoms with E-state index in [1.807, 2.05) is 5.32 Å². The second-order valence-corrected chi connectivity index (χ2v) is 4.31. The topological polar surface area (TPSA) is 61.4 Å². The number of nitrogens with zero attached hydrogens (tertiary/aromatic N) is 1. The van der Waals surface area contributed by atoms with E-state index in [0.717, 1.165) is 17.7 Å². The van der Waals surface area contributed by atoms with Gasteiger partial charge in [0.1, 0.15) is 0 Å². The summed E-state index contributed by atoms with van der Waals surface area (Å²) in [5.41, 5.74) is 0. The third-order valence-electron chi connectivity index (χ3n) is 2.35. The van der Waals surface area contributed by atoms with Crippen LogP contribution in [0, 0.1) is 0 Å². The minimum atomic E-state index is -4.35. The molecule has 2 N–H and O–H groups in total. The fourth-order valence-electron chi connectivity index (χ4n) is 1.25. The van der Waals surface area contributed by atoms with E-state index in [-0.39, 0.29) is 18.5 Å². The fourth-order valence-corrected chi connectivity index (χ4v) is 1.25. The number of carbonyl (C=O) groups is 2. The molecule has 0 saturated heterocycles. The molecule has 0 radical (unpaired) electrons. The first-order valence-corrected chi connectivity index (χ1v) is 5.59. The van der Waals surface area contributed by atoms with Crippen LogP contribution in [0.25, 0.3) is 0 Å². The zero-order valence-electron chi connectivity index (χ0n) is 10.0. The van der Waals surface area contributed by atoms with Crippen molar-refractivity contribution in [2.75, 3.05) is 26.7 Å². The van der Waals surface area contributed by atoms with E-state index in [9.17, 15) is 22.8 Å². The average molecular weight is 267 g/mol. The molecule has 0 aliphatic heterocycles. The van der Waals surface area contributed by atoms with Crippen LogP contribution in [-0.4, -0.2) is 55.6 Å². The zero-order chi connectivity index (χ0) is 13.8. The highest BCUT2D eigenvalue weighted by molar-refractivity contribution is 5.85. The summed E-state index contributed by atoms with van der Waals surface area (Å²) in [5.74, 6) is -0.839. The Balaban J connectivity index is 2.17. The summed E-state index contributed by atoms with van der Waals surface area (Å²) in [5, 5.41) is 4.67. The van der Waals surface area contributed by atoms with Crippen molar-refractivity contribution in [1.82, 2.24) is 15.5 Å². The molecule has 0 unspecified atom stereocenters. The van der Waals surface area contributed by atoms with E-state index in [0.29, 0.717) is 0 Å². The van der Waals surface area contributed by atoms with Crippen LogP contribution in [0.2, 0.25) is 0 Å². The summed E-state index contributed by atoms with van der Waals surface area (Å²) in [4.78, 5) is 23.8. The van der Waals surface area contributed by atoms with Crippen molar-refractivity contribution in [2.45, 2.75) is 25.1 Å². The van der Waals surface area contributed by atoms with Crippen molar-refractivity contribution in [3.8, 4) is 0 Å². The number of nitrogens with one attached hydrogen (secondary N) is 2. The smallest absolute Gasteiger partial charge is 0.352 e. The lowest BCUT2D eigenvalue weighted by Crippen LogP contribution is -2.43. The highest BCUT2D eigenvalue weighted by Crippen LogP contribution is 2.18. The number of likely N-dealkylation sites (N-methyl/N-ethyl adjacent to an activating group) is 1. The van der Waals surface area contributed by atoms with E-state index >= 15 is 0 Å². The van der Waals surface area contributed by atoms with E-state index in [1.54, 1.807) is 0 Å². The number of halogens is 3. The molecule has 1 saturated carbocycles. The number of hydrogen-bond acceptors (Lipinski definition) is 3. The zero-order valence-corrected chi connectivity index (χ0v) is 10.0. The van der Waals surface area contributed by atoms with Crippen LogP contribution in [0.5, 0.6) is 0 Å². The Bertz CT molecular complexity index is 316. The average Bonchev–Trinajstić information content (AvgIpc) is 2.99. The van der Waals surface area contributed by atoms with Crippen molar-refractivity contribution in [2.24, 2.45) is 0 Å². The van der Waals surface area contributed by atoms with Gasteiger partial charge in [-0.3, -0.25) is 9.59 Å². The normalized spacial score (nSPS) is 15.3. The first-order chi connectivity index (χ1) is 8.28. The van der Waals surface area contributed by atoms with Crippen LogP contribution in [0.15, 0.2) is 0 Å². The van der Waals surface area contributed by atoms with Crippen molar-refractivity contribution < 1.29 is 22.8 Å². The van der Waals surface area contributed by atoms with Gasteiger partial charge in [0.15, 0.2) is 0 Å². The number of amides is 2. The monoisotopic (exact) mass is 267 g/mol. The molecule has 0 aromatic carbocycles. The van der Waals surface area contributed by atoms with Crippen LogP contribution in [0.4, 0.5) is 13.2 Å². The summed E-state index contributed by atoms with van der Waals surface area (Å²) in [6.45, 7) is -1.80. The lowest BCUT2D eigenvalue weighted by molar-refractivity contribution is -0.136. The fraction of sp³-hybridized carbons (Fsp3) is 0.800. The molecular weight excluding hydrogens is 251 g/mol. The minimum Gasteiger partial charge on any atom is -0.352 e. The van der Waals surface area contributed by atoms with Gasteiger partial charge in [-0.15, -0.1) is 0 Å². The third kappa shape index (κ3) is 6.43. The Morgan fingerprint density at radius 1 is 1.33 bits per heavy atom. The molecular formula is C10H16F3N3O2. The molecule has 2 amide bonds. The Morgan fingerprint density at radius 3 is 2.44 bits per heavy atom. The van der Waals surface area contributed by atoms with Gasteiger partial charge in [-0.25, -0.2) is 0 Å². The molecule has 104 valence electrons. The lowest BCUT2D eigenvalue weighted by atomic mass is 10.4. The molecule has 8 heteroatoms. The van der Waals surface area contributed by atoms with Gasteiger partial charge in [0.05, 0.1) is 19.6 Å². The minimum absolute atomic E-state index is 0.136. The van der Waals surface area contributed by atoms with Crippen LogP contribution < -0.4 is 10.6 Å². The van der Waals surface area contributed by atoms with Gasteiger partial charge >= 0.3 is 6.18 Å². The first kappa shape index (κ1) is 14.7. The standard InChI is InChI=1S/C10H16F3N3O2/c1-16(5-8(17)15-7-2-3-7)9(18)4-14-6-10(11,12)13/h7,14H,2-6H2,1H3,(H,15,17). The quantitative estimate of drug-likeness (QED) is 0.705. The second kappa shape index (κ2) is 6.03. The Labute approximate surface area is 103 Å². The summed E-state index contributed by atoms with van der Waals surface area (Å²) in [6, 6.07) is 0.198. The predicted molar refractivity (Wildman–Crippen MR) is 57.7 cm³/mol. The molecule has 0 atom stereocenters. The van der Waals surface area contributed by atoms with Gasteiger partial charge in [0.2, 0.25) is 11.8 Å².